The highest BCUT2D eigenvalue weighted by Gasteiger charge is 2.14. The Morgan fingerprint density at radius 2 is 2.39 bits per heavy atom. The second-order valence-corrected chi connectivity index (χ2v) is 4.28. The summed E-state index contributed by atoms with van der Waals surface area (Å²) in [6.45, 7) is 1.94. The van der Waals surface area contributed by atoms with Crippen molar-refractivity contribution in [2.24, 2.45) is 0 Å². The first kappa shape index (κ1) is 14.1. The van der Waals surface area contributed by atoms with Crippen molar-refractivity contribution in [1.29, 1.82) is 5.26 Å². The normalized spacial score (nSPS) is 10.8. The fourth-order valence-corrected chi connectivity index (χ4v) is 1.77. The number of rotatable bonds is 5. The summed E-state index contributed by atoms with van der Waals surface area (Å²) in [5.41, 5.74) is 1.32. The lowest BCUT2D eigenvalue weighted by atomic mass is 10.1. The topological polar surface area (TPSA) is 79.0 Å². The maximum Gasteiger partial charge on any atom is 0.292 e. The van der Waals surface area contributed by atoms with Gasteiger partial charge in [-0.15, -0.1) is 11.8 Å². The van der Waals surface area contributed by atoms with Gasteiger partial charge in [-0.2, -0.15) is 5.26 Å². The van der Waals surface area contributed by atoms with Crippen LogP contribution in [0.15, 0.2) is 29.3 Å². The Hall–Kier alpha value is -2.00. The second-order valence-electron chi connectivity index (χ2n) is 3.43. The van der Waals surface area contributed by atoms with Gasteiger partial charge in [-0.25, -0.2) is 0 Å². The summed E-state index contributed by atoms with van der Waals surface area (Å²) < 4.78 is 0. The maximum absolute atomic E-state index is 11.0. The molecule has 1 rings (SSSR count). The van der Waals surface area contributed by atoms with Crippen molar-refractivity contribution in [1.82, 2.24) is 0 Å². The molecule has 1 N–H and O–H groups in total. The Balaban J connectivity index is 3.13. The van der Waals surface area contributed by atoms with E-state index in [2.05, 4.69) is 5.32 Å². The van der Waals surface area contributed by atoms with E-state index in [1.807, 2.05) is 19.1 Å². The van der Waals surface area contributed by atoms with Gasteiger partial charge in [-0.3, -0.25) is 10.1 Å². The Morgan fingerprint density at radius 1 is 1.67 bits per heavy atom. The Kier molecular flexibility index (Phi) is 5.21. The molecule has 0 saturated carbocycles. The predicted molar refractivity (Wildman–Crippen MR) is 73.3 cm³/mol. The molecule has 0 bridgehead atoms. The molecule has 0 unspecified atom stereocenters. The highest BCUT2D eigenvalue weighted by atomic mass is 32.2. The van der Waals surface area contributed by atoms with Crippen LogP contribution in [0, 0.1) is 21.4 Å². The Bertz CT molecular complexity index is 521. The van der Waals surface area contributed by atoms with E-state index in [-0.39, 0.29) is 5.69 Å². The molecule has 5 nitrogen and oxygen atoms in total. The second kappa shape index (κ2) is 6.67. The molecular weight excluding hydrogens is 250 g/mol. The quantitative estimate of drug-likeness (QED) is 0.501. The molecule has 0 radical (unpaired) electrons. The molecule has 0 fully saturated rings. The van der Waals surface area contributed by atoms with Crippen LogP contribution in [0.3, 0.4) is 0 Å². The van der Waals surface area contributed by atoms with Crippen LogP contribution >= 0.6 is 11.8 Å². The first-order valence-corrected chi connectivity index (χ1v) is 6.53. The van der Waals surface area contributed by atoms with Crippen molar-refractivity contribution in [2.75, 3.05) is 11.6 Å². The van der Waals surface area contributed by atoms with Gasteiger partial charge >= 0.3 is 0 Å². The maximum atomic E-state index is 11.0. The van der Waals surface area contributed by atoms with E-state index in [0.29, 0.717) is 10.7 Å². The fraction of sp³-hybridized carbons (Fsp3) is 0.250. The lowest BCUT2D eigenvalue weighted by Gasteiger charge is -2.08. The average Bonchev–Trinajstić information content (AvgIpc) is 2.38. The molecule has 1 aromatic rings. The molecule has 0 amide bonds. The third-order valence-corrected chi connectivity index (χ3v) is 3.00. The van der Waals surface area contributed by atoms with Gasteiger partial charge in [0.05, 0.1) is 16.0 Å². The van der Waals surface area contributed by atoms with Gasteiger partial charge in [-0.05, 0) is 24.3 Å². The zero-order chi connectivity index (χ0) is 13.5. The SMILES string of the molecule is CCc1ccc(N/C(=C\C#N)SC)c([N+](=O)[O-])c1. The van der Waals surface area contributed by atoms with E-state index in [0.717, 1.165) is 12.0 Å². The number of aryl methyl sites for hydroxylation is 1. The number of nitrogens with zero attached hydrogens (tertiary/aromatic N) is 2. The van der Waals surface area contributed by atoms with Crippen molar-refractivity contribution < 1.29 is 4.92 Å². The number of nitriles is 1. The molecule has 0 aliphatic carbocycles. The van der Waals surface area contributed by atoms with Crippen LogP contribution in [0.2, 0.25) is 0 Å². The zero-order valence-corrected chi connectivity index (χ0v) is 11.0. The Labute approximate surface area is 110 Å². The summed E-state index contributed by atoms with van der Waals surface area (Å²) >= 11 is 1.32. The average molecular weight is 263 g/mol. The number of thioether (sulfide) groups is 1. The lowest BCUT2D eigenvalue weighted by Crippen LogP contribution is -2.01. The largest absolute Gasteiger partial charge is 0.344 e. The predicted octanol–water partition coefficient (Wildman–Crippen LogP) is 3.30. The van der Waals surface area contributed by atoms with E-state index in [1.54, 1.807) is 18.4 Å². The molecule has 0 aliphatic rings. The number of allylic oxidation sites excluding steroid dienone is 1. The van der Waals surface area contributed by atoms with Crippen LogP contribution in [0.5, 0.6) is 0 Å². The van der Waals surface area contributed by atoms with Gasteiger partial charge in [0.1, 0.15) is 5.69 Å². The van der Waals surface area contributed by atoms with E-state index < -0.39 is 4.92 Å². The van der Waals surface area contributed by atoms with Crippen LogP contribution in [-0.4, -0.2) is 11.2 Å². The van der Waals surface area contributed by atoms with Crippen molar-refractivity contribution in [3.05, 3.63) is 45.0 Å². The minimum absolute atomic E-state index is 0.0206. The number of nitro groups is 1. The molecule has 18 heavy (non-hydrogen) atoms. The standard InChI is InChI=1S/C12H13N3O2S/c1-3-9-4-5-10(11(8-9)15(16)17)14-12(18-2)6-7-13/h4-6,8,14H,3H2,1-2H3/b12-6+. The van der Waals surface area contributed by atoms with Gasteiger partial charge in [-0.1, -0.05) is 13.0 Å². The molecule has 0 aromatic heterocycles. The lowest BCUT2D eigenvalue weighted by molar-refractivity contribution is -0.384. The van der Waals surface area contributed by atoms with Gasteiger partial charge in [0.15, 0.2) is 0 Å². The van der Waals surface area contributed by atoms with Gasteiger partial charge in [0.2, 0.25) is 0 Å². The molecule has 1 aromatic carbocycles. The number of anilines is 1. The molecular formula is C12H13N3O2S. The van der Waals surface area contributed by atoms with Crippen LogP contribution in [0.4, 0.5) is 11.4 Å². The summed E-state index contributed by atoms with van der Waals surface area (Å²) in [4.78, 5) is 10.6. The third kappa shape index (κ3) is 3.50. The summed E-state index contributed by atoms with van der Waals surface area (Å²) in [5.74, 6) is 0. The van der Waals surface area contributed by atoms with Crippen molar-refractivity contribution in [3.8, 4) is 6.07 Å². The van der Waals surface area contributed by atoms with Crippen LogP contribution in [0.25, 0.3) is 0 Å². The molecule has 0 heterocycles. The summed E-state index contributed by atoms with van der Waals surface area (Å²) in [7, 11) is 0. The highest BCUT2D eigenvalue weighted by molar-refractivity contribution is 8.02. The number of hydrogen-bond acceptors (Lipinski definition) is 5. The van der Waals surface area contributed by atoms with Crippen molar-refractivity contribution in [3.63, 3.8) is 0 Å². The minimum Gasteiger partial charge on any atom is -0.344 e. The molecule has 0 spiro atoms. The third-order valence-electron chi connectivity index (χ3n) is 2.34. The number of nitro benzene ring substituents is 1. The molecule has 6 heteroatoms. The molecule has 0 aliphatic heterocycles. The molecule has 94 valence electrons. The number of nitrogens with one attached hydrogen (secondary N) is 1. The first-order valence-electron chi connectivity index (χ1n) is 5.30. The summed E-state index contributed by atoms with van der Waals surface area (Å²) in [5, 5.41) is 23.0. The smallest absolute Gasteiger partial charge is 0.292 e. The fourth-order valence-electron chi connectivity index (χ4n) is 1.39. The van der Waals surface area contributed by atoms with Gasteiger partial charge < -0.3 is 5.32 Å². The zero-order valence-electron chi connectivity index (χ0n) is 10.1. The minimum atomic E-state index is -0.425. The highest BCUT2D eigenvalue weighted by Crippen LogP contribution is 2.28. The van der Waals surface area contributed by atoms with Gasteiger partial charge in [0.25, 0.3) is 5.69 Å². The van der Waals surface area contributed by atoms with Crippen LogP contribution in [-0.2, 0) is 6.42 Å². The summed E-state index contributed by atoms with van der Waals surface area (Å²) in [6, 6.07) is 6.94. The van der Waals surface area contributed by atoms with Crippen molar-refractivity contribution >= 4 is 23.1 Å². The number of benzene rings is 1. The van der Waals surface area contributed by atoms with Crippen LogP contribution < -0.4 is 5.32 Å². The molecule has 0 saturated heterocycles. The van der Waals surface area contributed by atoms with Gasteiger partial charge in [0, 0.05) is 12.1 Å². The van der Waals surface area contributed by atoms with E-state index >= 15 is 0 Å². The first-order chi connectivity index (χ1) is 8.62. The number of hydrogen-bond donors (Lipinski definition) is 1. The summed E-state index contributed by atoms with van der Waals surface area (Å²) in [6.07, 6.45) is 3.86. The Morgan fingerprint density at radius 3 is 2.89 bits per heavy atom. The van der Waals surface area contributed by atoms with E-state index in [1.165, 1.54) is 17.8 Å². The van der Waals surface area contributed by atoms with E-state index in [4.69, 9.17) is 5.26 Å². The van der Waals surface area contributed by atoms with Crippen LogP contribution in [0.1, 0.15) is 12.5 Å². The van der Waals surface area contributed by atoms with E-state index in [9.17, 15) is 10.1 Å². The van der Waals surface area contributed by atoms with Crippen molar-refractivity contribution in [2.45, 2.75) is 13.3 Å². The molecule has 0 atom stereocenters. The monoisotopic (exact) mass is 263 g/mol.